The third-order valence-corrected chi connectivity index (χ3v) is 10.5. The van der Waals surface area contributed by atoms with E-state index in [4.69, 9.17) is 0 Å². The van der Waals surface area contributed by atoms with Crippen LogP contribution in [0.5, 0.6) is 0 Å². The lowest BCUT2D eigenvalue weighted by Crippen LogP contribution is -2.35. The minimum atomic E-state index is -0.487. The number of fused-ring (bicyclic) bond motifs is 5. The molecule has 2 heteroatoms. The summed E-state index contributed by atoms with van der Waals surface area (Å²) >= 11 is 0. The van der Waals surface area contributed by atoms with Gasteiger partial charge in [-0.25, -0.2) is 0 Å². The first-order valence-corrected chi connectivity index (χ1v) is 16.8. The second-order valence-electron chi connectivity index (χ2n) is 13.5. The van der Waals surface area contributed by atoms with Crippen molar-refractivity contribution in [3.05, 3.63) is 209 Å². The summed E-state index contributed by atoms with van der Waals surface area (Å²) in [5.41, 5.74) is 15.5. The average molecular weight is 617 g/mol. The predicted molar refractivity (Wildman–Crippen MR) is 200 cm³/mol. The highest BCUT2D eigenvalue weighted by molar-refractivity contribution is 5.89. The van der Waals surface area contributed by atoms with Crippen molar-refractivity contribution in [1.82, 2.24) is 0 Å². The summed E-state index contributed by atoms with van der Waals surface area (Å²) in [6, 6.07) is 64.3. The van der Waals surface area contributed by atoms with Crippen LogP contribution < -0.4 is 10.2 Å². The summed E-state index contributed by atoms with van der Waals surface area (Å²) in [6.07, 6.45) is 0. The number of hydrogen-bond donors (Lipinski definition) is 1. The van der Waals surface area contributed by atoms with Crippen molar-refractivity contribution in [3.8, 4) is 11.1 Å². The first kappa shape index (κ1) is 28.4. The maximum absolute atomic E-state index is 3.87. The van der Waals surface area contributed by atoms with Gasteiger partial charge in [-0.3, -0.25) is 0 Å². The molecule has 9 rings (SSSR count). The van der Waals surface area contributed by atoms with Gasteiger partial charge in [0.2, 0.25) is 0 Å². The Bertz CT molecular complexity index is 2250. The first-order valence-electron chi connectivity index (χ1n) is 16.8. The molecule has 0 atom stereocenters. The van der Waals surface area contributed by atoms with Crippen LogP contribution in [0, 0.1) is 0 Å². The lowest BCUT2D eigenvalue weighted by atomic mass is 9.63. The quantitative estimate of drug-likeness (QED) is 0.207. The zero-order valence-electron chi connectivity index (χ0n) is 27.2. The Hall–Kier alpha value is -5.86. The molecule has 0 saturated heterocycles. The Morgan fingerprint density at radius 3 is 1.58 bits per heavy atom. The fraction of sp³-hybridized carbons (Fsp3) is 0.0870. The molecule has 1 aliphatic heterocycles. The van der Waals surface area contributed by atoms with Crippen molar-refractivity contribution in [1.29, 1.82) is 0 Å². The van der Waals surface area contributed by atoms with Crippen molar-refractivity contribution in [2.24, 2.45) is 0 Å². The molecular weight excluding hydrogens is 581 g/mol. The van der Waals surface area contributed by atoms with E-state index in [1.807, 2.05) is 0 Å². The minimum Gasteiger partial charge on any atom is -0.355 e. The molecule has 0 radical (unpaired) electrons. The molecular formula is C46H36N2. The largest absolute Gasteiger partial charge is 0.355 e. The van der Waals surface area contributed by atoms with E-state index in [1.165, 1.54) is 44.5 Å². The van der Waals surface area contributed by atoms with Crippen LogP contribution in [-0.4, -0.2) is 0 Å². The van der Waals surface area contributed by atoms with Crippen LogP contribution in [0.3, 0.4) is 0 Å². The molecule has 0 spiro atoms. The van der Waals surface area contributed by atoms with E-state index in [9.17, 15) is 0 Å². The number of rotatable bonds is 5. The Morgan fingerprint density at radius 1 is 0.396 bits per heavy atom. The molecule has 2 aliphatic rings. The van der Waals surface area contributed by atoms with E-state index in [0.717, 1.165) is 28.4 Å². The standard InChI is InChI=1S/C46H36N2/c1-45(2)39-23-13-12-22-37(39)38-30-35(26-28-40(38)45)48(34-20-10-5-11-21-34)36-27-29-42-44(31-36)47-43-25-15-14-24-41(43)46(42,32-16-6-3-7-17-32)33-18-8-4-9-19-33/h3-31,47H,1-2H3. The third-order valence-electron chi connectivity index (χ3n) is 10.5. The second-order valence-corrected chi connectivity index (χ2v) is 13.5. The number of benzene rings is 7. The van der Waals surface area contributed by atoms with Crippen LogP contribution >= 0.6 is 0 Å². The van der Waals surface area contributed by atoms with Gasteiger partial charge < -0.3 is 10.2 Å². The lowest BCUT2D eigenvalue weighted by molar-refractivity contribution is 0.660. The molecule has 7 aromatic carbocycles. The summed E-state index contributed by atoms with van der Waals surface area (Å²) < 4.78 is 0. The van der Waals surface area contributed by atoms with Gasteiger partial charge in [0.15, 0.2) is 0 Å². The van der Waals surface area contributed by atoms with E-state index in [0.29, 0.717) is 0 Å². The van der Waals surface area contributed by atoms with Crippen molar-refractivity contribution < 1.29 is 0 Å². The predicted octanol–water partition coefficient (Wildman–Crippen LogP) is 11.9. The van der Waals surface area contributed by atoms with Gasteiger partial charge in [0.05, 0.1) is 5.41 Å². The average Bonchev–Trinajstić information content (AvgIpc) is 3.37. The van der Waals surface area contributed by atoms with Gasteiger partial charge in [-0.05, 0) is 87.0 Å². The van der Waals surface area contributed by atoms with Crippen molar-refractivity contribution in [2.75, 3.05) is 10.2 Å². The van der Waals surface area contributed by atoms with E-state index < -0.39 is 5.41 Å². The number of para-hydroxylation sites is 2. The van der Waals surface area contributed by atoms with E-state index >= 15 is 0 Å². The van der Waals surface area contributed by atoms with Crippen LogP contribution in [0.1, 0.15) is 47.2 Å². The maximum atomic E-state index is 3.87. The topological polar surface area (TPSA) is 15.3 Å². The summed E-state index contributed by atoms with van der Waals surface area (Å²) in [4.78, 5) is 2.39. The van der Waals surface area contributed by atoms with Gasteiger partial charge in [0, 0.05) is 33.9 Å². The van der Waals surface area contributed by atoms with Crippen LogP contribution in [0.2, 0.25) is 0 Å². The van der Waals surface area contributed by atoms with Gasteiger partial charge in [-0.1, -0.05) is 147 Å². The Morgan fingerprint density at radius 2 is 0.896 bits per heavy atom. The molecule has 0 unspecified atom stereocenters. The van der Waals surface area contributed by atoms with Crippen molar-refractivity contribution in [2.45, 2.75) is 24.7 Å². The molecule has 0 saturated carbocycles. The highest BCUT2D eigenvalue weighted by atomic mass is 15.1. The summed E-state index contributed by atoms with van der Waals surface area (Å²) in [5.74, 6) is 0. The summed E-state index contributed by atoms with van der Waals surface area (Å²) in [6.45, 7) is 4.68. The minimum absolute atomic E-state index is 0.0383. The zero-order valence-corrected chi connectivity index (χ0v) is 27.2. The Kier molecular flexibility index (Phi) is 6.42. The van der Waals surface area contributed by atoms with Crippen LogP contribution in [-0.2, 0) is 10.8 Å². The number of anilines is 5. The van der Waals surface area contributed by atoms with Gasteiger partial charge in [-0.15, -0.1) is 0 Å². The Labute approximate surface area is 283 Å². The molecule has 1 heterocycles. The molecule has 1 N–H and O–H groups in total. The normalized spacial score (nSPS) is 14.5. The monoisotopic (exact) mass is 616 g/mol. The molecule has 230 valence electrons. The van der Waals surface area contributed by atoms with Crippen LogP contribution in [0.15, 0.2) is 176 Å². The fourth-order valence-corrected chi connectivity index (χ4v) is 8.35. The fourth-order valence-electron chi connectivity index (χ4n) is 8.35. The SMILES string of the molecule is CC1(C)c2ccccc2-c2cc(N(c3ccccc3)c3ccc4c(c3)Nc3ccccc3C4(c3ccccc3)c3ccccc3)ccc21. The number of hydrogen-bond acceptors (Lipinski definition) is 2. The zero-order chi connectivity index (χ0) is 32.3. The molecule has 2 nitrogen and oxygen atoms in total. The number of nitrogens with zero attached hydrogens (tertiary/aromatic N) is 1. The lowest BCUT2D eigenvalue weighted by Gasteiger charge is -2.43. The highest BCUT2D eigenvalue weighted by Gasteiger charge is 2.44. The second kappa shape index (κ2) is 10.9. The van der Waals surface area contributed by atoms with Gasteiger partial charge in [0.25, 0.3) is 0 Å². The maximum Gasteiger partial charge on any atom is 0.0741 e. The van der Waals surface area contributed by atoms with E-state index in [2.05, 4.69) is 200 Å². The molecule has 1 aliphatic carbocycles. The van der Waals surface area contributed by atoms with Gasteiger partial charge in [-0.2, -0.15) is 0 Å². The molecule has 0 aromatic heterocycles. The summed E-state index contributed by atoms with van der Waals surface area (Å²) in [7, 11) is 0. The van der Waals surface area contributed by atoms with E-state index in [1.54, 1.807) is 0 Å². The molecule has 0 amide bonds. The summed E-state index contributed by atoms with van der Waals surface area (Å²) in [5, 5.41) is 3.87. The van der Waals surface area contributed by atoms with Crippen molar-refractivity contribution in [3.63, 3.8) is 0 Å². The van der Waals surface area contributed by atoms with Gasteiger partial charge >= 0.3 is 0 Å². The molecule has 48 heavy (non-hydrogen) atoms. The van der Waals surface area contributed by atoms with Crippen LogP contribution in [0.25, 0.3) is 11.1 Å². The number of nitrogens with one attached hydrogen (secondary N) is 1. The molecule has 7 aromatic rings. The molecule has 0 fully saturated rings. The van der Waals surface area contributed by atoms with Gasteiger partial charge in [0.1, 0.15) is 0 Å². The van der Waals surface area contributed by atoms with Crippen molar-refractivity contribution >= 4 is 28.4 Å². The van der Waals surface area contributed by atoms with Crippen LogP contribution in [0.4, 0.5) is 28.4 Å². The molecule has 0 bridgehead atoms. The smallest absolute Gasteiger partial charge is 0.0741 e. The first-order chi connectivity index (χ1) is 23.6. The van der Waals surface area contributed by atoms with E-state index in [-0.39, 0.29) is 5.41 Å². The third kappa shape index (κ3) is 4.12. The highest BCUT2D eigenvalue weighted by Crippen LogP contribution is 2.55. The Balaban J connectivity index is 1.27.